The summed E-state index contributed by atoms with van der Waals surface area (Å²) in [5.41, 5.74) is 4.48. The van der Waals surface area contributed by atoms with Crippen molar-refractivity contribution in [3.05, 3.63) is 58.4 Å². The van der Waals surface area contributed by atoms with Crippen LogP contribution in [0.2, 0.25) is 0 Å². The van der Waals surface area contributed by atoms with E-state index in [4.69, 9.17) is 0 Å². The van der Waals surface area contributed by atoms with Gasteiger partial charge in [-0.25, -0.2) is 4.79 Å². The van der Waals surface area contributed by atoms with Crippen molar-refractivity contribution < 1.29 is 9.90 Å². The predicted octanol–water partition coefficient (Wildman–Crippen LogP) is 4.52. The van der Waals surface area contributed by atoms with E-state index >= 15 is 0 Å². The number of aromatic carboxylic acids is 1. The van der Waals surface area contributed by atoms with Gasteiger partial charge in [0.05, 0.1) is 5.56 Å². The van der Waals surface area contributed by atoms with Crippen molar-refractivity contribution in [2.45, 2.75) is 65.6 Å². The molecule has 140 valence electrons. The first-order valence-corrected chi connectivity index (χ1v) is 9.68. The van der Waals surface area contributed by atoms with Gasteiger partial charge in [-0.15, -0.1) is 0 Å². The standard InChI is InChI=1S/C22H30N2O2/c1-15-9-7-8-12-20(15)23-13-19-16(2)24(17(3)21(19)22(25)26)14-18-10-5-4-6-11-18/h4-6,10-11,15,20,23H,7-9,12-14H2,1-3H3,(H,25,26)/t15-,20+/m0/s1. The average Bonchev–Trinajstić information content (AvgIpc) is 2.86. The number of carbonyl (C=O) groups is 1. The third kappa shape index (κ3) is 3.85. The molecule has 2 aromatic rings. The van der Waals surface area contributed by atoms with Crippen LogP contribution in [0, 0.1) is 19.8 Å². The fraction of sp³-hybridized carbons (Fsp3) is 0.500. The van der Waals surface area contributed by atoms with E-state index < -0.39 is 5.97 Å². The van der Waals surface area contributed by atoms with Gasteiger partial charge in [0, 0.05) is 36.1 Å². The van der Waals surface area contributed by atoms with Crippen LogP contribution in [0.3, 0.4) is 0 Å². The van der Waals surface area contributed by atoms with Gasteiger partial charge in [0.25, 0.3) is 0 Å². The molecule has 1 fully saturated rings. The molecular formula is C22H30N2O2. The summed E-state index contributed by atoms with van der Waals surface area (Å²) in [6, 6.07) is 10.7. The van der Waals surface area contributed by atoms with Crippen molar-refractivity contribution in [1.29, 1.82) is 0 Å². The van der Waals surface area contributed by atoms with Crippen molar-refractivity contribution in [2.75, 3.05) is 0 Å². The lowest BCUT2D eigenvalue weighted by Crippen LogP contribution is -2.37. The molecule has 3 rings (SSSR count). The van der Waals surface area contributed by atoms with Crippen LogP contribution in [0.4, 0.5) is 0 Å². The lowest BCUT2D eigenvalue weighted by Gasteiger charge is -2.29. The van der Waals surface area contributed by atoms with Crippen LogP contribution in [0.15, 0.2) is 30.3 Å². The number of aromatic nitrogens is 1. The first-order chi connectivity index (χ1) is 12.5. The van der Waals surface area contributed by atoms with E-state index in [0.717, 1.165) is 17.0 Å². The van der Waals surface area contributed by atoms with E-state index in [9.17, 15) is 9.90 Å². The molecular weight excluding hydrogens is 324 g/mol. The van der Waals surface area contributed by atoms with E-state index in [2.05, 4.69) is 28.9 Å². The number of rotatable bonds is 6. The van der Waals surface area contributed by atoms with E-state index in [1.807, 2.05) is 32.0 Å². The molecule has 4 heteroatoms. The minimum Gasteiger partial charge on any atom is -0.478 e. The maximum atomic E-state index is 11.9. The smallest absolute Gasteiger partial charge is 0.337 e. The van der Waals surface area contributed by atoms with Gasteiger partial charge in [-0.3, -0.25) is 0 Å². The Hall–Kier alpha value is -2.07. The van der Waals surface area contributed by atoms with Gasteiger partial charge in [0.2, 0.25) is 0 Å². The SMILES string of the molecule is Cc1c(CN[C@@H]2CCCC[C@@H]2C)c(C(=O)O)c(C)n1Cc1ccccc1. The fourth-order valence-corrected chi connectivity index (χ4v) is 4.30. The van der Waals surface area contributed by atoms with Crippen LogP contribution in [-0.4, -0.2) is 21.7 Å². The first-order valence-electron chi connectivity index (χ1n) is 9.68. The number of nitrogens with zero attached hydrogens (tertiary/aromatic N) is 1. The third-order valence-corrected chi connectivity index (χ3v) is 5.96. The molecule has 1 aliphatic carbocycles. The molecule has 2 atom stereocenters. The quantitative estimate of drug-likeness (QED) is 0.802. The van der Waals surface area contributed by atoms with Gasteiger partial charge in [0.1, 0.15) is 0 Å². The van der Waals surface area contributed by atoms with Crippen molar-refractivity contribution >= 4 is 5.97 Å². The number of benzene rings is 1. The van der Waals surface area contributed by atoms with Gasteiger partial charge < -0.3 is 15.0 Å². The lowest BCUT2D eigenvalue weighted by molar-refractivity contribution is 0.0694. The van der Waals surface area contributed by atoms with Gasteiger partial charge >= 0.3 is 5.97 Å². The van der Waals surface area contributed by atoms with Gasteiger partial charge in [-0.05, 0) is 38.2 Å². The summed E-state index contributed by atoms with van der Waals surface area (Å²) >= 11 is 0. The first kappa shape index (κ1) is 18.7. The zero-order valence-electron chi connectivity index (χ0n) is 16.1. The Morgan fingerprint density at radius 3 is 2.50 bits per heavy atom. The molecule has 26 heavy (non-hydrogen) atoms. The third-order valence-electron chi connectivity index (χ3n) is 5.96. The molecule has 1 saturated carbocycles. The molecule has 2 N–H and O–H groups in total. The highest BCUT2D eigenvalue weighted by Crippen LogP contribution is 2.27. The highest BCUT2D eigenvalue weighted by atomic mass is 16.4. The summed E-state index contributed by atoms with van der Waals surface area (Å²) in [6.07, 6.45) is 5.02. The van der Waals surface area contributed by atoms with Crippen molar-refractivity contribution in [1.82, 2.24) is 9.88 Å². The predicted molar refractivity (Wildman–Crippen MR) is 105 cm³/mol. The topological polar surface area (TPSA) is 54.3 Å². The lowest BCUT2D eigenvalue weighted by atomic mass is 9.86. The minimum atomic E-state index is -0.828. The molecule has 1 aliphatic rings. The molecule has 0 spiro atoms. The number of hydrogen-bond acceptors (Lipinski definition) is 2. The Morgan fingerprint density at radius 1 is 1.15 bits per heavy atom. The summed E-state index contributed by atoms with van der Waals surface area (Å²) in [5, 5.41) is 13.4. The average molecular weight is 354 g/mol. The number of carboxylic acid groups (broad SMARTS) is 1. The molecule has 0 unspecified atom stereocenters. The normalized spacial score (nSPS) is 20.3. The monoisotopic (exact) mass is 354 g/mol. The number of nitrogens with one attached hydrogen (secondary N) is 1. The summed E-state index contributed by atoms with van der Waals surface area (Å²) in [4.78, 5) is 11.9. The van der Waals surface area contributed by atoms with Gasteiger partial charge in [-0.2, -0.15) is 0 Å². The largest absolute Gasteiger partial charge is 0.478 e. The Morgan fingerprint density at radius 2 is 1.85 bits per heavy atom. The van der Waals surface area contributed by atoms with E-state index in [0.29, 0.717) is 30.6 Å². The molecule has 0 radical (unpaired) electrons. The van der Waals surface area contributed by atoms with Crippen molar-refractivity contribution in [3.63, 3.8) is 0 Å². The number of hydrogen-bond donors (Lipinski definition) is 2. The molecule has 0 amide bonds. The zero-order chi connectivity index (χ0) is 18.7. The van der Waals surface area contributed by atoms with Gasteiger partial charge in [-0.1, -0.05) is 50.1 Å². The van der Waals surface area contributed by atoms with Crippen molar-refractivity contribution in [3.8, 4) is 0 Å². The maximum Gasteiger partial charge on any atom is 0.337 e. The second-order valence-corrected chi connectivity index (χ2v) is 7.65. The van der Waals surface area contributed by atoms with E-state index in [-0.39, 0.29) is 0 Å². The summed E-state index contributed by atoms with van der Waals surface area (Å²) in [7, 11) is 0. The summed E-state index contributed by atoms with van der Waals surface area (Å²) in [5.74, 6) is -0.171. The Balaban J connectivity index is 1.86. The van der Waals surface area contributed by atoms with Gasteiger partial charge in [0.15, 0.2) is 0 Å². The van der Waals surface area contributed by atoms with Crippen LogP contribution < -0.4 is 5.32 Å². The second-order valence-electron chi connectivity index (χ2n) is 7.65. The minimum absolute atomic E-state index is 0.467. The molecule has 0 aliphatic heterocycles. The molecule has 1 aromatic carbocycles. The molecule has 1 aromatic heterocycles. The Kier molecular flexibility index (Phi) is 5.82. The molecule has 4 nitrogen and oxygen atoms in total. The summed E-state index contributed by atoms with van der Waals surface area (Å²) in [6.45, 7) is 7.60. The molecule has 0 saturated heterocycles. The summed E-state index contributed by atoms with van der Waals surface area (Å²) < 4.78 is 2.14. The fourth-order valence-electron chi connectivity index (χ4n) is 4.30. The van der Waals surface area contributed by atoms with Crippen LogP contribution >= 0.6 is 0 Å². The van der Waals surface area contributed by atoms with Crippen LogP contribution in [0.1, 0.15) is 65.5 Å². The second kappa shape index (κ2) is 8.09. The van der Waals surface area contributed by atoms with Crippen LogP contribution in [-0.2, 0) is 13.1 Å². The van der Waals surface area contributed by atoms with Crippen molar-refractivity contribution in [2.24, 2.45) is 5.92 Å². The van der Waals surface area contributed by atoms with Crippen LogP contribution in [0.5, 0.6) is 0 Å². The zero-order valence-corrected chi connectivity index (χ0v) is 16.1. The highest BCUT2D eigenvalue weighted by molar-refractivity contribution is 5.91. The maximum absolute atomic E-state index is 11.9. The Labute approximate surface area is 156 Å². The molecule has 1 heterocycles. The Bertz CT molecular complexity index is 764. The van der Waals surface area contributed by atoms with E-state index in [1.165, 1.54) is 31.2 Å². The molecule has 0 bridgehead atoms. The number of carboxylic acids is 1. The van der Waals surface area contributed by atoms with E-state index in [1.54, 1.807) is 0 Å². The highest BCUT2D eigenvalue weighted by Gasteiger charge is 2.25. The van der Waals surface area contributed by atoms with Crippen LogP contribution in [0.25, 0.3) is 0 Å².